The molecule has 0 aliphatic carbocycles. The lowest BCUT2D eigenvalue weighted by molar-refractivity contribution is 0.0701. The molecule has 3 rings (SSSR count). The first-order valence-electron chi connectivity index (χ1n) is 6.00. The monoisotopic (exact) mass is 301 g/mol. The molecule has 2 aromatic heterocycles. The lowest BCUT2D eigenvalue weighted by Gasteiger charge is -1.99. The molecule has 0 aliphatic heterocycles. The third-order valence-electron chi connectivity index (χ3n) is 2.93. The summed E-state index contributed by atoms with van der Waals surface area (Å²) in [5.74, 6) is -0.915. The summed E-state index contributed by atoms with van der Waals surface area (Å²) in [6.07, 6.45) is 0. The van der Waals surface area contributed by atoms with Crippen molar-refractivity contribution in [3.05, 3.63) is 52.3 Å². The normalized spacial score (nSPS) is 10.7. The molecule has 0 aliphatic rings. The predicted octanol–water partition coefficient (Wildman–Crippen LogP) is 4.55. The van der Waals surface area contributed by atoms with E-state index >= 15 is 0 Å². The van der Waals surface area contributed by atoms with Crippen LogP contribution in [0.2, 0.25) is 0 Å². The van der Waals surface area contributed by atoms with Gasteiger partial charge < -0.3 is 5.11 Å². The van der Waals surface area contributed by atoms with Gasteiger partial charge in [0.2, 0.25) is 0 Å². The summed E-state index contributed by atoms with van der Waals surface area (Å²) in [4.78, 5) is 16.9. The Morgan fingerprint density at radius 3 is 2.40 bits per heavy atom. The Labute approximate surface area is 124 Å². The molecule has 0 radical (unpaired) electrons. The molecule has 2 heterocycles. The molecule has 0 bridgehead atoms. The van der Waals surface area contributed by atoms with Crippen LogP contribution in [-0.2, 0) is 0 Å². The van der Waals surface area contributed by atoms with Crippen molar-refractivity contribution >= 4 is 28.6 Å². The zero-order valence-electron chi connectivity index (χ0n) is 10.7. The van der Waals surface area contributed by atoms with Crippen LogP contribution in [-0.4, -0.2) is 16.1 Å². The fourth-order valence-electron chi connectivity index (χ4n) is 1.94. The average Bonchev–Trinajstić information content (AvgIpc) is 3.08. The molecule has 3 aromatic rings. The van der Waals surface area contributed by atoms with Crippen molar-refractivity contribution in [1.82, 2.24) is 4.98 Å². The van der Waals surface area contributed by atoms with Gasteiger partial charge in [-0.15, -0.1) is 22.7 Å². The molecule has 0 amide bonds. The highest BCUT2D eigenvalue weighted by atomic mass is 32.1. The first kappa shape index (κ1) is 13.0. The number of thiazole rings is 1. The van der Waals surface area contributed by atoms with Crippen molar-refractivity contribution in [2.45, 2.75) is 6.92 Å². The fraction of sp³-hybridized carbons (Fsp3) is 0.0667. The maximum atomic E-state index is 11.0. The second-order valence-corrected chi connectivity index (χ2v) is 6.24. The molecule has 0 saturated carbocycles. The molecule has 5 heteroatoms. The molecule has 0 saturated heterocycles. The first-order chi connectivity index (χ1) is 9.65. The van der Waals surface area contributed by atoms with Gasteiger partial charge in [-0.3, -0.25) is 0 Å². The highest BCUT2D eigenvalue weighted by Gasteiger charge is 2.14. The number of benzene rings is 1. The lowest BCUT2D eigenvalue weighted by atomic mass is 10.1. The van der Waals surface area contributed by atoms with E-state index < -0.39 is 5.97 Å². The number of thiophene rings is 1. The highest BCUT2D eigenvalue weighted by Crippen LogP contribution is 2.31. The minimum Gasteiger partial charge on any atom is -0.477 e. The molecular formula is C15H11NO2S2. The Bertz CT molecular complexity index is 743. The molecule has 100 valence electrons. The summed E-state index contributed by atoms with van der Waals surface area (Å²) >= 11 is 2.91. The van der Waals surface area contributed by atoms with Crippen LogP contribution in [0.25, 0.3) is 21.0 Å². The number of aromatic nitrogens is 1. The Kier molecular flexibility index (Phi) is 3.38. The summed E-state index contributed by atoms with van der Waals surface area (Å²) in [6.45, 7) is 1.73. The van der Waals surface area contributed by atoms with Crippen molar-refractivity contribution < 1.29 is 9.90 Å². The third-order valence-corrected chi connectivity index (χ3v) is 5.04. The van der Waals surface area contributed by atoms with Gasteiger partial charge in [0.05, 0.1) is 5.69 Å². The standard InChI is InChI=1S/C15H11NO2S2/c1-9-13(15(17)18)20-14(16-9)11-6-4-10(5-7-11)12-3-2-8-19-12/h2-8H,1H3,(H,17,18). The summed E-state index contributed by atoms with van der Waals surface area (Å²) in [7, 11) is 0. The van der Waals surface area contributed by atoms with Gasteiger partial charge in [-0.25, -0.2) is 9.78 Å². The van der Waals surface area contributed by atoms with E-state index in [-0.39, 0.29) is 0 Å². The van der Waals surface area contributed by atoms with Crippen LogP contribution >= 0.6 is 22.7 Å². The van der Waals surface area contributed by atoms with Gasteiger partial charge in [0.1, 0.15) is 9.88 Å². The number of nitrogens with zero attached hydrogens (tertiary/aromatic N) is 1. The molecular weight excluding hydrogens is 290 g/mol. The van der Waals surface area contributed by atoms with E-state index in [0.717, 1.165) is 16.1 Å². The van der Waals surface area contributed by atoms with E-state index in [4.69, 9.17) is 5.11 Å². The quantitative estimate of drug-likeness (QED) is 0.772. The van der Waals surface area contributed by atoms with E-state index in [1.54, 1.807) is 18.3 Å². The Morgan fingerprint density at radius 2 is 1.85 bits per heavy atom. The van der Waals surface area contributed by atoms with Gasteiger partial charge in [-0.05, 0) is 23.9 Å². The van der Waals surface area contributed by atoms with Gasteiger partial charge in [0, 0.05) is 10.4 Å². The smallest absolute Gasteiger partial charge is 0.347 e. The number of hydrogen-bond donors (Lipinski definition) is 1. The van der Waals surface area contributed by atoms with Crippen molar-refractivity contribution in [1.29, 1.82) is 0 Å². The van der Waals surface area contributed by atoms with Gasteiger partial charge in [0.15, 0.2) is 0 Å². The van der Waals surface area contributed by atoms with E-state index in [1.807, 2.05) is 35.7 Å². The predicted molar refractivity (Wildman–Crippen MR) is 82.6 cm³/mol. The van der Waals surface area contributed by atoms with Crippen LogP contribution in [0.3, 0.4) is 0 Å². The maximum Gasteiger partial charge on any atom is 0.347 e. The summed E-state index contributed by atoms with van der Waals surface area (Å²) in [5, 5.41) is 11.9. The Balaban J connectivity index is 1.95. The molecule has 0 spiro atoms. The number of aryl methyl sites for hydroxylation is 1. The van der Waals surface area contributed by atoms with Gasteiger partial charge >= 0.3 is 5.97 Å². The number of rotatable bonds is 3. The van der Waals surface area contributed by atoms with Crippen molar-refractivity contribution in [3.63, 3.8) is 0 Å². The summed E-state index contributed by atoms with van der Waals surface area (Å²) in [5.41, 5.74) is 2.68. The molecule has 0 fully saturated rings. The maximum absolute atomic E-state index is 11.0. The van der Waals surface area contributed by atoms with Crippen molar-refractivity contribution in [3.8, 4) is 21.0 Å². The van der Waals surface area contributed by atoms with Crippen LogP contribution < -0.4 is 0 Å². The zero-order valence-corrected chi connectivity index (χ0v) is 12.3. The van der Waals surface area contributed by atoms with Crippen LogP contribution in [0.5, 0.6) is 0 Å². The van der Waals surface area contributed by atoms with E-state index in [2.05, 4.69) is 11.1 Å². The van der Waals surface area contributed by atoms with Gasteiger partial charge in [0.25, 0.3) is 0 Å². The number of carbonyl (C=O) groups is 1. The van der Waals surface area contributed by atoms with Crippen LogP contribution in [0.4, 0.5) is 0 Å². The Morgan fingerprint density at radius 1 is 1.15 bits per heavy atom. The summed E-state index contributed by atoms with van der Waals surface area (Å²) < 4.78 is 0. The van der Waals surface area contributed by atoms with Crippen LogP contribution in [0.1, 0.15) is 15.4 Å². The molecule has 1 aromatic carbocycles. The molecule has 3 nitrogen and oxygen atoms in total. The lowest BCUT2D eigenvalue weighted by Crippen LogP contribution is -1.94. The number of aromatic carboxylic acids is 1. The van der Waals surface area contributed by atoms with Gasteiger partial charge in [-0.2, -0.15) is 0 Å². The third kappa shape index (κ3) is 2.37. The Hall–Kier alpha value is -1.98. The van der Waals surface area contributed by atoms with E-state index in [0.29, 0.717) is 10.6 Å². The zero-order chi connectivity index (χ0) is 14.1. The van der Waals surface area contributed by atoms with Gasteiger partial charge in [-0.1, -0.05) is 30.3 Å². The van der Waals surface area contributed by atoms with Crippen molar-refractivity contribution in [2.75, 3.05) is 0 Å². The molecule has 0 atom stereocenters. The minimum atomic E-state index is -0.915. The topological polar surface area (TPSA) is 50.2 Å². The fourth-order valence-corrected chi connectivity index (χ4v) is 3.58. The SMILES string of the molecule is Cc1nc(-c2ccc(-c3cccs3)cc2)sc1C(=O)O. The number of hydrogen-bond acceptors (Lipinski definition) is 4. The van der Waals surface area contributed by atoms with Crippen molar-refractivity contribution in [2.24, 2.45) is 0 Å². The molecule has 1 N–H and O–H groups in total. The minimum absolute atomic E-state index is 0.308. The summed E-state index contributed by atoms with van der Waals surface area (Å²) in [6, 6.07) is 12.2. The van der Waals surface area contributed by atoms with E-state index in [9.17, 15) is 4.79 Å². The first-order valence-corrected chi connectivity index (χ1v) is 7.70. The highest BCUT2D eigenvalue weighted by molar-refractivity contribution is 7.17. The second kappa shape index (κ2) is 5.19. The molecule has 20 heavy (non-hydrogen) atoms. The average molecular weight is 301 g/mol. The largest absolute Gasteiger partial charge is 0.477 e. The van der Waals surface area contributed by atoms with E-state index in [1.165, 1.54) is 16.2 Å². The molecule has 0 unspecified atom stereocenters. The number of carboxylic acid groups (broad SMARTS) is 1. The van der Waals surface area contributed by atoms with Crippen LogP contribution in [0, 0.1) is 6.92 Å². The number of carboxylic acids is 1. The van der Waals surface area contributed by atoms with Crippen LogP contribution in [0.15, 0.2) is 41.8 Å². The second-order valence-electron chi connectivity index (χ2n) is 4.29.